The van der Waals surface area contributed by atoms with Crippen molar-refractivity contribution >= 4 is 27.7 Å². The van der Waals surface area contributed by atoms with Crippen LogP contribution in [0.1, 0.15) is 12.8 Å². The third-order valence-electron chi connectivity index (χ3n) is 5.76. The SMILES string of the molecule is Cn1cc(-c2n[nH]c(=O)n2-c2cn(CCCC(N)=O)c3ccc(F)cc23)c2c(F)cccc21. The van der Waals surface area contributed by atoms with Gasteiger partial charge in [-0.3, -0.25) is 4.79 Å². The molecule has 1 amide bonds. The number of H-pyrrole nitrogens is 1. The number of nitrogens with two attached hydrogens (primary N) is 1. The Balaban J connectivity index is 1.74. The predicted octanol–water partition coefficient (Wildman–Crippen LogP) is 3.22. The van der Waals surface area contributed by atoms with E-state index in [1.54, 1.807) is 42.2 Å². The van der Waals surface area contributed by atoms with Gasteiger partial charge < -0.3 is 14.9 Å². The van der Waals surface area contributed by atoms with Crippen LogP contribution in [0.2, 0.25) is 0 Å². The van der Waals surface area contributed by atoms with Crippen LogP contribution in [0.25, 0.3) is 38.9 Å². The van der Waals surface area contributed by atoms with E-state index in [0.29, 0.717) is 46.0 Å². The molecule has 0 spiro atoms. The summed E-state index contributed by atoms with van der Waals surface area (Å²) in [5.74, 6) is -1.11. The molecule has 0 bridgehead atoms. The standard InChI is InChI=1S/C23H20F2N6O2/c1-29-11-15(21-16(25)4-2-5-18(21)29)22-27-28-23(33)31(22)19-12-30(9-3-6-20(26)32)17-8-7-13(24)10-14(17)19/h2,4-5,7-8,10-12H,3,6,9H2,1H3,(H2,26,32)(H,28,33). The maximum atomic E-state index is 14.8. The summed E-state index contributed by atoms with van der Waals surface area (Å²) in [6.07, 6.45) is 4.08. The van der Waals surface area contributed by atoms with E-state index in [4.69, 9.17) is 5.73 Å². The summed E-state index contributed by atoms with van der Waals surface area (Å²) in [5.41, 5.74) is 6.85. The smallest absolute Gasteiger partial charge is 0.348 e. The molecule has 0 atom stereocenters. The molecular weight excluding hydrogens is 430 g/mol. The number of aromatic nitrogens is 5. The number of hydrogen-bond donors (Lipinski definition) is 2. The second-order valence-corrected chi connectivity index (χ2v) is 7.91. The highest BCUT2D eigenvalue weighted by molar-refractivity contribution is 5.96. The maximum absolute atomic E-state index is 14.8. The van der Waals surface area contributed by atoms with Crippen LogP contribution in [0.3, 0.4) is 0 Å². The molecule has 3 N–H and O–H groups in total. The van der Waals surface area contributed by atoms with E-state index < -0.39 is 23.2 Å². The zero-order valence-electron chi connectivity index (χ0n) is 17.7. The van der Waals surface area contributed by atoms with Crippen molar-refractivity contribution in [1.82, 2.24) is 23.9 Å². The Morgan fingerprint density at radius 1 is 1.15 bits per heavy atom. The lowest BCUT2D eigenvalue weighted by molar-refractivity contribution is -0.118. The normalized spacial score (nSPS) is 11.6. The van der Waals surface area contributed by atoms with Gasteiger partial charge in [-0.25, -0.2) is 23.2 Å². The van der Waals surface area contributed by atoms with Crippen molar-refractivity contribution in [3.8, 4) is 17.1 Å². The average molecular weight is 450 g/mol. The number of benzene rings is 2. The Hall–Kier alpha value is -4.21. The highest BCUT2D eigenvalue weighted by atomic mass is 19.1. The number of nitrogens with one attached hydrogen (secondary N) is 1. The van der Waals surface area contributed by atoms with Crippen molar-refractivity contribution in [1.29, 1.82) is 0 Å². The van der Waals surface area contributed by atoms with Gasteiger partial charge in [-0.05, 0) is 36.8 Å². The first-order valence-electron chi connectivity index (χ1n) is 10.3. The van der Waals surface area contributed by atoms with Crippen molar-refractivity contribution in [2.45, 2.75) is 19.4 Å². The van der Waals surface area contributed by atoms with E-state index in [1.165, 1.54) is 22.8 Å². The molecule has 0 saturated heterocycles. The van der Waals surface area contributed by atoms with Crippen LogP contribution in [-0.4, -0.2) is 29.8 Å². The highest BCUT2D eigenvalue weighted by Gasteiger charge is 2.22. The molecule has 8 nitrogen and oxygen atoms in total. The van der Waals surface area contributed by atoms with E-state index in [0.717, 1.165) is 0 Å². The fourth-order valence-electron chi connectivity index (χ4n) is 4.31. The molecule has 0 aliphatic heterocycles. The van der Waals surface area contributed by atoms with Crippen molar-refractivity contribution in [2.24, 2.45) is 12.8 Å². The first-order chi connectivity index (χ1) is 15.8. The summed E-state index contributed by atoms with van der Waals surface area (Å²) in [6, 6.07) is 9.01. The van der Waals surface area contributed by atoms with Gasteiger partial charge in [0.2, 0.25) is 5.91 Å². The van der Waals surface area contributed by atoms with Gasteiger partial charge in [-0.15, -0.1) is 0 Å². The van der Waals surface area contributed by atoms with Gasteiger partial charge in [-0.2, -0.15) is 5.10 Å². The van der Waals surface area contributed by atoms with Gasteiger partial charge in [-0.1, -0.05) is 6.07 Å². The number of primary amides is 1. The predicted molar refractivity (Wildman–Crippen MR) is 120 cm³/mol. The van der Waals surface area contributed by atoms with Gasteiger partial charge in [0.25, 0.3) is 0 Å². The molecule has 3 aromatic heterocycles. The van der Waals surface area contributed by atoms with E-state index in [2.05, 4.69) is 10.2 Å². The van der Waals surface area contributed by atoms with Crippen molar-refractivity contribution in [2.75, 3.05) is 0 Å². The summed E-state index contributed by atoms with van der Waals surface area (Å²) >= 11 is 0. The average Bonchev–Trinajstić information content (AvgIpc) is 3.42. The largest absolute Gasteiger partial charge is 0.370 e. The molecule has 3 heterocycles. The monoisotopic (exact) mass is 450 g/mol. The summed E-state index contributed by atoms with van der Waals surface area (Å²) in [6.45, 7) is 0.440. The minimum atomic E-state index is -0.543. The van der Waals surface area contributed by atoms with Crippen LogP contribution in [-0.2, 0) is 18.4 Å². The fourth-order valence-corrected chi connectivity index (χ4v) is 4.31. The number of carbonyl (C=O) groups is 1. The van der Waals surface area contributed by atoms with Crippen molar-refractivity contribution in [3.63, 3.8) is 0 Å². The van der Waals surface area contributed by atoms with E-state index in [1.807, 2.05) is 4.57 Å². The van der Waals surface area contributed by atoms with Gasteiger partial charge in [0, 0.05) is 48.7 Å². The molecule has 33 heavy (non-hydrogen) atoms. The number of rotatable bonds is 6. The molecule has 0 unspecified atom stereocenters. The molecule has 168 valence electrons. The van der Waals surface area contributed by atoms with Crippen LogP contribution in [0.15, 0.2) is 53.6 Å². The lowest BCUT2D eigenvalue weighted by atomic mass is 10.1. The third-order valence-corrected chi connectivity index (χ3v) is 5.76. The van der Waals surface area contributed by atoms with E-state index >= 15 is 0 Å². The Bertz CT molecular complexity index is 1590. The maximum Gasteiger partial charge on any atom is 0.348 e. The Morgan fingerprint density at radius 3 is 2.76 bits per heavy atom. The topological polar surface area (TPSA) is 104 Å². The van der Waals surface area contributed by atoms with Crippen LogP contribution >= 0.6 is 0 Å². The molecule has 0 radical (unpaired) electrons. The number of nitrogens with zero attached hydrogens (tertiary/aromatic N) is 4. The Labute approximate surface area is 185 Å². The molecule has 0 aliphatic carbocycles. The first-order valence-corrected chi connectivity index (χ1v) is 10.3. The zero-order valence-corrected chi connectivity index (χ0v) is 17.7. The molecule has 0 fully saturated rings. The van der Waals surface area contributed by atoms with Gasteiger partial charge in [0.15, 0.2) is 5.82 Å². The van der Waals surface area contributed by atoms with Crippen LogP contribution in [0.4, 0.5) is 8.78 Å². The van der Waals surface area contributed by atoms with Gasteiger partial charge >= 0.3 is 5.69 Å². The van der Waals surface area contributed by atoms with Crippen LogP contribution in [0, 0.1) is 11.6 Å². The third kappa shape index (κ3) is 3.39. The summed E-state index contributed by atoms with van der Waals surface area (Å²) < 4.78 is 33.9. The summed E-state index contributed by atoms with van der Waals surface area (Å²) in [7, 11) is 1.78. The number of amides is 1. The lowest BCUT2D eigenvalue weighted by Crippen LogP contribution is -2.15. The molecule has 5 aromatic rings. The number of aromatic amines is 1. The Morgan fingerprint density at radius 2 is 1.97 bits per heavy atom. The molecular formula is C23H20F2N6O2. The van der Waals surface area contributed by atoms with Gasteiger partial charge in [0.05, 0.1) is 16.7 Å². The van der Waals surface area contributed by atoms with Gasteiger partial charge in [0.1, 0.15) is 11.6 Å². The fraction of sp³-hybridized carbons (Fsp3) is 0.174. The molecule has 5 rings (SSSR count). The van der Waals surface area contributed by atoms with E-state index in [-0.39, 0.29) is 12.2 Å². The second-order valence-electron chi connectivity index (χ2n) is 7.91. The van der Waals surface area contributed by atoms with Crippen LogP contribution < -0.4 is 11.4 Å². The Kier molecular flexibility index (Phi) is 4.85. The number of halogens is 2. The molecule has 0 aliphatic rings. The number of hydrogen-bond acceptors (Lipinski definition) is 3. The molecule has 0 saturated carbocycles. The van der Waals surface area contributed by atoms with Crippen molar-refractivity contribution in [3.05, 3.63) is 70.9 Å². The van der Waals surface area contributed by atoms with E-state index in [9.17, 15) is 18.4 Å². The molecule has 10 heteroatoms. The lowest BCUT2D eigenvalue weighted by Gasteiger charge is -2.04. The minimum Gasteiger partial charge on any atom is -0.370 e. The zero-order chi connectivity index (χ0) is 23.3. The first kappa shape index (κ1) is 20.7. The molecule has 2 aromatic carbocycles. The van der Waals surface area contributed by atoms with Crippen LogP contribution in [0.5, 0.6) is 0 Å². The minimum absolute atomic E-state index is 0.197. The second kappa shape index (κ2) is 7.73. The number of fused-ring (bicyclic) bond motifs is 2. The van der Waals surface area contributed by atoms with Crippen molar-refractivity contribution < 1.29 is 13.6 Å². The quantitative estimate of drug-likeness (QED) is 0.415. The highest BCUT2D eigenvalue weighted by Crippen LogP contribution is 2.33. The number of carbonyl (C=O) groups excluding carboxylic acids is 1. The summed E-state index contributed by atoms with van der Waals surface area (Å²) in [5, 5.41) is 7.42. The number of aryl methyl sites for hydroxylation is 2. The summed E-state index contributed by atoms with van der Waals surface area (Å²) in [4.78, 5) is 24.0.